The van der Waals surface area contributed by atoms with E-state index in [1.807, 2.05) is 24.3 Å². The summed E-state index contributed by atoms with van der Waals surface area (Å²) in [4.78, 5) is 13.8. The van der Waals surface area contributed by atoms with Gasteiger partial charge in [0.25, 0.3) is 5.91 Å². The average molecular weight is 313 g/mol. The van der Waals surface area contributed by atoms with Crippen molar-refractivity contribution in [1.29, 1.82) is 0 Å². The van der Waals surface area contributed by atoms with Crippen LogP contribution in [-0.2, 0) is 0 Å². The molecule has 0 radical (unpaired) electrons. The maximum absolute atomic E-state index is 13.4. The summed E-state index contributed by atoms with van der Waals surface area (Å²) >= 11 is 0. The number of ether oxygens (including phenoxy) is 1. The van der Waals surface area contributed by atoms with Crippen LogP contribution in [0.3, 0.4) is 0 Å². The van der Waals surface area contributed by atoms with Crippen LogP contribution in [0.15, 0.2) is 59.0 Å². The number of fused-ring (bicyclic) bond motifs is 1. The van der Waals surface area contributed by atoms with Crippen LogP contribution >= 0.6 is 0 Å². The molecule has 0 spiro atoms. The molecule has 0 saturated carbocycles. The van der Waals surface area contributed by atoms with Gasteiger partial charge in [-0.2, -0.15) is 0 Å². The Morgan fingerprint density at radius 3 is 2.70 bits per heavy atom. The number of nitrogens with zero attached hydrogens (tertiary/aromatic N) is 1. The number of hydrogen-bond acceptors (Lipinski definition) is 3. The number of halogens is 1. The molecule has 23 heavy (non-hydrogen) atoms. The molecule has 118 valence electrons. The van der Waals surface area contributed by atoms with Gasteiger partial charge in [-0.3, -0.25) is 4.79 Å². The standard InChI is InChI=1S/C18H16FNO3/c1-20(10-11-22-16-9-5-3-7-14(16)19)18(21)17-12-13-6-2-4-8-15(13)23-17/h2-9,12H,10-11H2,1H3. The fourth-order valence-corrected chi connectivity index (χ4v) is 2.23. The van der Waals surface area contributed by atoms with Crippen LogP contribution in [0.25, 0.3) is 11.0 Å². The van der Waals surface area contributed by atoms with Crippen molar-refractivity contribution in [3.63, 3.8) is 0 Å². The Morgan fingerprint density at radius 2 is 1.91 bits per heavy atom. The summed E-state index contributed by atoms with van der Waals surface area (Å²) in [7, 11) is 1.65. The third kappa shape index (κ3) is 3.34. The van der Waals surface area contributed by atoms with E-state index < -0.39 is 5.82 Å². The Kier molecular flexibility index (Phi) is 4.28. The highest BCUT2D eigenvalue weighted by Crippen LogP contribution is 2.20. The zero-order valence-electron chi connectivity index (χ0n) is 12.7. The van der Waals surface area contributed by atoms with Gasteiger partial charge in [-0.25, -0.2) is 4.39 Å². The number of amides is 1. The summed E-state index contributed by atoms with van der Waals surface area (Å²) in [6.45, 7) is 0.521. The molecule has 3 rings (SSSR count). The number of furan rings is 1. The Morgan fingerprint density at radius 1 is 1.17 bits per heavy atom. The summed E-state index contributed by atoms with van der Waals surface area (Å²) < 4.78 is 24.3. The van der Waals surface area contributed by atoms with E-state index in [0.717, 1.165) is 5.39 Å². The highest BCUT2D eigenvalue weighted by Gasteiger charge is 2.16. The van der Waals surface area contributed by atoms with Crippen molar-refractivity contribution in [1.82, 2.24) is 4.90 Å². The lowest BCUT2D eigenvalue weighted by molar-refractivity contribution is 0.0744. The van der Waals surface area contributed by atoms with Gasteiger partial charge in [0.15, 0.2) is 17.3 Å². The van der Waals surface area contributed by atoms with Gasteiger partial charge in [-0.15, -0.1) is 0 Å². The van der Waals surface area contributed by atoms with E-state index in [9.17, 15) is 9.18 Å². The molecule has 0 N–H and O–H groups in total. The van der Waals surface area contributed by atoms with E-state index in [-0.39, 0.29) is 24.0 Å². The number of hydrogen-bond donors (Lipinski definition) is 0. The van der Waals surface area contributed by atoms with Gasteiger partial charge in [-0.05, 0) is 24.3 Å². The number of likely N-dealkylation sites (N-methyl/N-ethyl adjacent to an activating group) is 1. The van der Waals surface area contributed by atoms with Crippen LogP contribution in [-0.4, -0.2) is 31.0 Å². The molecule has 0 aliphatic carbocycles. The van der Waals surface area contributed by atoms with Gasteiger partial charge in [0, 0.05) is 12.4 Å². The van der Waals surface area contributed by atoms with Crippen LogP contribution in [0.4, 0.5) is 4.39 Å². The number of carbonyl (C=O) groups excluding carboxylic acids is 1. The van der Waals surface area contributed by atoms with Gasteiger partial charge >= 0.3 is 0 Å². The molecule has 0 bridgehead atoms. The highest BCUT2D eigenvalue weighted by atomic mass is 19.1. The molecule has 0 aliphatic heterocycles. The van der Waals surface area contributed by atoms with E-state index in [4.69, 9.17) is 9.15 Å². The second kappa shape index (κ2) is 6.52. The minimum Gasteiger partial charge on any atom is -0.489 e. The first-order valence-corrected chi connectivity index (χ1v) is 7.26. The molecule has 2 aromatic carbocycles. The molecule has 3 aromatic rings. The van der Waals surface area contributed by atoms with Crippen LogP contribution in [0.2, 0.25) is 0 Å². The van der Waals surface area contributed by atoms with Gasteiger partial charge in [0.2, 0.25) is 0 Å². The molecule has 0 aliphatic rings. The topological polar surface area (TPSA) is 42.7 Å². The molecule has 5 heteroatoms. The summed E-state index contributed by atoms with van der Waals surface area (Å²) in [5.74, 6) is -0.200. The molecule has 1 heterocycles. The Labute approximate surface area is 133 Å². The monoisotopic (exact) mass is 313 g/mol. The highest BCUT2D eigenvalue weighted by molar-refractivity contribution is 5.95. The Balaban J connectivity index is 1.60. The van der Waals surface area contributed by atoms with E-state index in [0.29, 0.717) is 12.1 Å². The minimum absolute atomic E-state index is 0.178. The lowest BCUT2D eigenvalue weighted by atomic mass is 10.2. The fourth-order valence-electron chi connectivity index (χ4n) is 2.23. The molecule has 1 amide bonds. The third-order valence-electron chi connectivity index (χ3n) is 3.50. The summed E-state index contributed by atoms with van der Waals surface area (Å²) in [5.41, 5.74) is 0.673. The summed E-state index contributed by atoms with van der Waals surface area (Å²) in [5, 5.41) is 0.881. The second-order valence-electron chi connectivity index (χ2n) is 5.15. The normalized spacial score (nSPS) is 10.7. The van der Waals surface area contributed by atoms with Crippen molar-refractivity contribution < 1.29 is 18.3 Å². The SMILES string of the molecule is CN(CCOc1ccccc1F)C(=O)c1cc2ccccc2o1. The van der Waals surface area contributed by atoms with Crippen molar-refractivity contribution in [3.8, 4) is 5.75 Å². The second-order valence-corrected chi connectivity index (χ2v) is 5.15. The zero-order valence-corrected chi connectivity index (χ0v) is 12.7. The van der Waals surface area contributed by atoms with Crippen molar-refractivity contribution >= 4 is 16.9 Å². The zero-order chi connectivity index (χ0) is 16.2. The molecule has 4 nitrogen and oxygen atoms in total. The maximum Gasteiger partial charge on any atom is 0.289 e. The lowest BCUT2D eigenvalue weighted by Crippen LogP contribution is -2.30. The average Bonchev–Trinajstić information content (AvgIpc) is 2.99. The van der Waals surface area contributed by atoms with Gasteiger partial charge in [0.1, 0.15) is 12.2 Å². The van der Waals surface area contributed by atoms with Crippen LogP contribution in [0.1, 0.15) is 10.6 Å². The predicted molar refractivity (Wildman–Crippen MR) is 85.1 cm³/mol. The van der Waals surface area contributed by atoms with Crippen LogP contribution < -0.4 is 4.74 Å². The molecule has 0 fully saturated rings. The molecule has 1 aromatic heterocycles. The van der Waals surface area contributed by atoms with Gasteiger partial charge < -0.3 is 14.1 Å². The van der Waals surface area contributed by atoms with Crippen molar-refractivity contribution in [2.45, 2.75) is 0 Å². The lowest BCUT2D eigenvalue weighted by Gasteiger charge is -2.16. The number of carbonyl (C=O) groups is 1. The van der Waals surface area contributed by atoms with Gasteiger partial charge in [0.05, 0.1) is 6.54 Å². The Bertz CT molecular complexity index is 795. The summed E-state index contributed by atoms with van der Waals surface area (Å²) in [6.07, 6.45) is 0. The van der Waals surface area contributed by atoms with Crippen molar-refractivity contribution in [2.75, 3.05) is 20.2 Å². The van der Waals surface area contributed by atoms with Crippen molar-refractivity contribution in [2.24, 2.45) is 0 Å². The third-order valence-corrected chi connectivity index (χ3v) is 3.50. The van der Waals surface area contributed by atoms with Crippen LogP contribution in [0.5, 0.6) is 5.75 Å². The largest absolute Gasteiger partial charge is 0.489 e. The minimum atomic E-state index is -0.418. The summed E-state index contributed by atoms with van der Waals surface area (Å²) in [6, 6.07) is 15.3. The number of para-hydroxylation sites is 2. The first-order valence-electron chi connectivity index (χ1n) is 7.26. The molecule has 0 atom stereocenters. The van der Waals surface area contributed by atoms with Gasteiger partial charge in [-0.1, -0.05) is 30.3 Å². The van der Waals surface area contributed by atoms with E-state index in [1.165, 1.54) is 11.0 Å². The predicted octanol–water partition coefficient (Wildman–Crippen LogP) is 3.72. The Hall–Kier alpha value is -2.82. The first-order chi connectivity index (χ1) is 11.1. The van der Waals surface area contributed by atoms with Crippen LogP contribution in [0, 0.1) is 5.82 Å². The molecule has 0 saturated heterocycles. The van der Waals surface area contributed by atoms with E-state index >= 15 is 0 Å². The molecule has 0 unspecified atom stereocenters. The molecular formula is C18H16FNO3. The van der Waals surface area contributed by atoms with E-state index in [1.54, 1.807) is 31.3 Å². The molecular weight excluding hydrogens is 297 g/mol. The smallest absolute Gasteiger partial charge is 0.289 e. The fraction of sp³-hybridized carbons (Fsp3) is 0.167. The van der Waals surface area contributed by atoms with E-state index in [2.05, 4.69) is 0 Å². The van der Waals surface area contributed by atoms with Crippen molar-refractivity contribution in [3.05, 3.63) is 66.2 Å². The quantitative estimate of drug-likeness (QED) is 0.721. The number of rotatable bonds is 5. The maximum atomic E-state index is 13.4. The first kappa shape index (κ1) is 15.1. The number of benzene rings is 2.